The first kappa shape index (κ1) is 15.8. The Bertz CT molecular complexity index is 594. The van der Waals surface area contributed by atoms with Crippen molar-refractivity contribution in [1.82, 2.24) is 15.5 Å². The molecule has 1 atom stereocenters. The van der Waals surface area contributed by atoms with Crippen molar-refractivity contribution < 1.29 is 9.26 Å². The molecule has 1 unspecified atom stereocenters. The summed E-state index contributed by atoms with van der Waals surface area (Å²) in [5.41, 5.74) is 0.635. The maximum absolute atomic E-state index is 5.48. The molecule has 0 radical (unpaired) electrons. The largest absolute Gasteiger partial charge is 0.496 e. The number of para-hydroxylation sites is 1. The van der Waals surface area contributed by atoms with Gasteiger partial charge in [-0.3, -0.25) is 0 Å². The highest BCUT2D eigenvalue weighted by Crippen LogP contribution is 2.32. The van der Waals surface area contributed by atoms with Gasteiger partial charge in [-0.2, -0.15) is 4.98 Å². The predicted octanol–water partition coefficient (Wildman–Crippen LogP) is 3.16. The van der Waals surface area contributed by atoms with Crippen LogP contribution in [0.4, 0.5) is 0 Å². The second-order valence-electron chi connectivity index (χ2n) is 5.34. The minimum absolute atomic E-state index is 0. The first-order valence-electron chi connectivity index (χ1n) is 6.95. The number of methoxy groups -OCH3 is 1. The maximum Gasteiger partial charge on any atom is 0.246 e. The van der Waals surface area contributed by atoms with Crippen LogP contribution in [0, 0.1) is 0 Å². The van der Waals surface area contributed by atoms with Gasteiger partial charge < -0.3 is 14.6 Å². The Balaban J connectivity index is 0.00000161. The third kappa shape index (κ3) is 3.04. The van der Waals surface area contributed by atoms with Crippen LogP contribution in [0.15, 0.2) is 28.8 Å². The number of halogens is 1. The number of hydrogen-bond acceptors (Lipinski definition) is 5. The zero-order chi connectivity index (χ0) is 14.0. The predicted molar refractivity (Wildman–Crippen MR) is 82.7 cm³/mol. The van der Waals surface area contributed by atoms with Crippen LogP contribution < -0.4 is 10.1 Å². The molecular formula is C15H20ClN3O2. The van der Waals surface area contributed by atoms with Crippen molar-refractivity contribution >= 4 is 12.4 Å². The summed E-state index contributed by atoms with van der Waals surface area (Å²) < 4.78 is 10.8. The monoisotopic (exact) mass is 309 g/mol. The Morgan fingerprint density at radius 3 is 2.81 bits per heavy atom. The molecule has 1 saturated heterocycles. The summed E-state index contributed by atoms with van der Waals surface area (Å²) in [5.74, 6) is 1.98. The molecule has 1 aromatic carbocycles. The molecule has 2 heterocycles. The minimum Gasteiger partial charge on any atom is -0.496 e. The Kier molecular flexibility index (Phi) is 4.85. The van der Waals surface area contributed by atoms with E-state index in [0.29, 0.717) is 11.7 Å². The van der Waals surface area contributed by atoms with E-state index in [1.54, 1.807) is 7.11 Å². The molecule has 0 aliphatic carbocycles. The van der Waals surface area contributed by atoms with E-state index in [1.807, 2.05) is 24.3 Å². The lowest BCUT2D eigenvalue weighted by molar-refractivity contribution is 0.207. The Morgan fingerprint density at radius 1 is 1.29 bits per heavy atom. The van der Waals surface area contributed by atoms with Crippen molar-refractivity contribution in [2.45, 2.75) is 31.7 Å². The second-order valence-corrected chi connectivity index (χ2v) is 5.34. The zero-order valence-corrected chi connectivity index (χ0v) is 13.1. The smallest absolute Gasteiger partial charge is 0.246 e. The summed E-state index contributed by atoms with van der Waals surface area (Å²) in [6, 6.07) is 7.69. The second kappa shape index (κ2) is 6.45. The number of nitrogens with zero attached hydrogens (tertiary/aromatic N) is 2. The maximum atomic E-state index is 5.48. The van der Waals surface area contributed by atoms with E-state index in [-0.39, 0.29) is 17.9 Å². The van der Waals surface area contributed by atoms with E-state index in [0.717, 1.165) is 24.3 Å². The van der Waals surface area contributed by atoms with Crippen molar-refractivity contribution in [2.24, 2.45) is 0 Å². The quantitative estimate of drug-likeness (QED) is 0.943. The molecule has 6 heteroatoms. The molecular weight excluding hydrogens is 290 g/mol. The third-order valence-corrected chi connectivity index (χ3v) is 3.86. The molecule has 1 fully saturated rings. The van der Waals surface area contributed by atoms with Crippen molar-refractivity contribution in [3.63, 3.8) is 0 Å². The lowest BCUT2D eigenvalue weighted by atomic mass is 9.91. The van der Waals surface area contributed by atoms with Crippen molar-refractivity contribution in [1.29, 1.82) is 0 Å². The van der Waals surface area contributed by atoms with Gasteiger partial charge in [0.15, 0.2) is 0 Å². The highest BCUT2D eigenvalue weighted by Gasteiger charge is 2.34. The molecule has 5 nitrogen and oxygen atoms in total. The van der Waals surface area contributed by atoms with E-state index in [4.69, 9.17) is 9.26 Å². The van der Waals surface area contributed by atoms with Gasteiger partial charge in [-0.1, -0.05) is 17.3 Å². The summed E-state index contributed by atoms with van der Waals surface area (Å²) in [6.45, 7) is 3.11. The third-order valence-electron chi connectivity index (χ3n) is 3.86. The molecule has 1 aromatic heterocycles. The van der Waals surface area contributed by atoms with E-state index in [1.165, 1.54) is 12.8 Å². The summed E-state index contributed by atoms with van der Waals surface area (Å²) >= 11 is 0. The van der Waals surface area contributed by atoms with Gasteiger partial charge in [-0.05, 0) is 44.9 Å². The average Bonchev–Trinajstić information content (AvgIpc) is 2.98. The van der Waals surface area contributed by atoms with E-state index in [2.05, 4.69) is 22.4 Å². The highest BCUT2D eigenvalue weighted by atomic mass is 35.5. The van der Waals surface area contributed by atoms with Crippen LogP contribution in [0.1, 0.15) is 32.1 Å². The van der Waals surface area contributed by atoms with Crippen molar-refractivity contribution in [2.75, 3.05) is 13.7 Å². The van der Waals surface area contributed by atoms with Crippen LogP contribution in [0.3, 0.4) is 0 Å². The Hall–Kier alpha value is -1.59. The molecule has 0 saturated carbocycles. The van der Waals surface area contributed by atoms with E-state index in [9.17, 15) is 0 Å². The van der Waals surface area contributed by atoms with Gasteiger partial charge >= 0.3 is 0 Å². The van der Waals surface area contributed by atoms with E-state index < -0.39 is 0 Å². The fourth-order valence-corrected chi connectivity index (χ4v) is 2.63. The summed E-state index contributed by atoms with van der Waals surface area (Å²) in [4.78, 5) is 4.56. The van der Waals surface area contributed by atoms with Crippen LogP contribution in [0.2, 0.25) is 0 Å². The number of ether oxygens (including phenoxy) is 1. The number of rotatable bonds is 3. The summed E-state index contributed by atoms with van der Waals surface area (Å²) in [5, 5.41) is 7.59. The highest BCUT2D eigenvalue weighted by molar-refractivity contribution is 5.85. The van der Waals surface area contributed by atoms with Crippen LogP contribution in [-0.4, -0.2) is 23.8 Å². The number of hydrogen-bond donors (Lipinski definition) is 1. The van der Waals surface area contributed by atoms with Crippen LogP contribution in [0.5, 0.6) is 5.75 Å². The molecule has 21 heavy (non-hydrogen) atoms. The van der Waals surface area contributed by atoms with E-state index >= 15 is 0 Å². The molecule has 0 spiro atoms. The van der Waals surface area contributed by atoms with Crippen molar-refractivity contribution in [3.05, 3.63) is 30.2 Å². The van der Waals surface area contributed by atoms with Gasteiger partial charge in [-0.25, -0.2) is 0 Å². The molecule has 114 valence electrons. The van der Waals surface area contributed by atoms with Crippen LogP contribution >= 0.6 is 12.4 Å². The first-order chi connectivity index (χ1) is 9.73. The normalized spacial score (nSPS) is 21.6. The SMILES string of the molecule is COc1ccccc1-c1noc(C2(C)CCCCN2)n1.Cl. The van der Waals surface area contributed by atoms with Gasteiger partial charge in [0, 0.05) is 0 Å². The molecule has 2 aromatic rings. The molecule has 3 rings (SSSR count). The summed E-state index contributed by atoms with van der Waals surface area (Å²) in [7, 11) is 1.64. The van der Waals surface area contributed by atoms with Gasteiger partial charge in [-0.15, -0.1) is 12.4 Å². The van der Waals surface area contributed by atoms with Gasteiger partial charge in [0.25, 0.3) is 0 Å². The topological polar surface area (TPSA) is 60.2 Å². The zero-order valence-electron chi connectivity index (χ0n) is 12.3. The van der Waals surface area contributed by atoms with Gasteiger partial charge in [0.1, 0.15) is 5.75 Å². The lowest BCUT2D eigenvalue weighted by Gasteiger charge is -2.31. The number of nitrogens with one attached hydrogen (secondary N) is 1. The van der Waals surface area contributed by atoms with Crippen LogP contribution in [-0.2, 0) is 5.54 Å². The van der Waals surface area contributed by atoms with Gasteiger partial charge in [0.2, 0.25) is 11.7 Å². The number of benzene rings is 1. The number of piperidine rings is 1. The Labute approximate surface area is 130 Å². The minimum atomic E-state index is -0.217. The average molecular weight is 310 g/mol. The van der Waals surface area contributed by atoms with Crippen molar-refractivity contribution in [3.8, 4) is 17.1 Å². The number of aromatic nitrogens is 2. The standard InChI is InChI=1S/C15H19N3O2.ClH/c1-15(9-5-6-10-16-15)14-17-13(18-20-14)11-7-3-4-8-12(11)19-2;/h3-4,7-8,16H,5-6,9-10H2,1-2H3;1H. The summed E-state index contributed by atoms with van der Waals surface area (Å²) in [6.07, 6.45) is 3.39. The first-order valence-corrected chi connectivity index (χ1v) is 6.95. The van der Waals surface area contributed by atoms with Gasteiger partial charge in [0.05, 0.1) is 18.2 Å². The fourth-order valence-electron chi connectivity index (χ4n) is 2.63. The molecule has 0 bridgehead atoms. The lowest BCUT2D eigenvalue weighted by Crippen LogP contribution is -2.43. The molecule has 1 N–H and O–H groups in total. The Morgan fingerprint density at radius 2 is 2.10 bits per heavy atom. The molecule has 1 aliphatic rings. The van der Waals surface area contributed by atoms with Crippen LogP contribution in [0.25, 0.3) is 11.4 Å². The molecule has 0 amide bonds. The fraction of sp³-hybridized carbons (Fsp3) is 0.467. The molecule has 1 aliphatic heterocycles.